The number of carbonyl (C=O) groups is 1. The lowest BCUT2D eigenvalue weighted by molar-refractivity contribution is -0.117. The molecule has 1 unspecified atom stereocenters. The van der Waals surface area contributed by atoms with Crippen molar-refractivity contribution < 1.29 is 4.79 Å². The minimum Gasteiger partial charge on any atom is -0.294 e. The summed E-state index contributed by atoms with van der Waals surface area (Å²) in [6, 6.07) is 0. The van der Waals surface area contributed by atoms with Crippen LogP contribution in [0.2, 0.25) is 0 Å². The lowest BCUT2D eigenvalue weighted by Gasteiger charge is -2.23. The second-order valence-corrected chi connectivity index (χ2v) is 4.76. The second-order valence-electron chi connectivity index (χ2n) is 4.76. The number of carbonyl (C=O) groups excluding carboxylic acids is 1. The first kappa shape index (κ1) is 12.2. The largest absolute Gasteiger partial charge is 0.294 e. The minimum atomic E-state index is 0.178. The average molecular weight is 206 g/mol. The molecule has 0 N–H and O–H groups in total. The van der Waals surface area contributed by atoms with Gasteiger partial charge in [0.05, 0.1) is 0 Å². The second kappa shape index (κ2) is 5.89. The van der Waals surface area contributed by atoms with Crippen molar-refractivity contribution in [2.24, 2.45) is 11.8 Å². The van der Waals surface area contributed by atoms with Crippen LogP contribution in [0.4, 0.5) is 0 Å². The van der Waals surface area contributed by atoms with Crippen LogP contribution in [-0.2, 0) is 4.79 Å². The quantitative estimate of drug-likeness (QED) is 0.503. The summed E-state index contributed by atoms with van der Waals surface area (Å²) in [7, 11) is 0. The lowest BCUT2D eigenvalue weighted by atomic mass is 9.81. The van der Waals surface area contributed by atoms with Gasteiger partial charge in [-0.2, -0.15) is 0 Å². The Kier molecular flexibility index (Phi) is 4.80. The van der Waals surface area contributed by atoms with Crippen LogP contribution in [0, 0.1) is 11.8 Å². The summed E-state index contributed by atoms with van der Waals surface area (Å²) in [5.41, 5.74) is 1.37. The maximum atomic E-state index is 11.9. The van der Waals surface area contributed by atoms with E-state index in [-0.39, 0.29) is 5.92 Å². The van der Waals surface area contributed by atoms with Gasteiger partial charge in [-0.05, 0) is 44.6 Å². The van der Waals surface area contributed by atoms with E-state index in [1.165, 1.54) is 5.57 Å². The van der Waals surface area contributed by atoms with Gasteiger partial charge in [0.2, 0.25) is 0 Å². The van der Waals surface area contributed by atoms with Crippen LogP contribution >= 0.6 is 0 Å². The zero-order valence-corrected chi connectivity index (χ0v) is 10.1. The Labute approximate surface area is 93.3 Å². The van der Waals surface area contributed by atoms with Crippen LogP contribution in [-0.4, -0.2) is 5.78 Å². The fraction of sp³-hybridized carbons (Fsp3) is 0.643. The smallest absolute Gasteiger partial charge is 0.162 e. The third kappa shape index (κ3) is 3.65. The molecule has 1 aliphatic carbocycles. The average Bonchev–Trinajstić information content (AvgIpc) is 2.18. The van der Waals surface area contributed by atoms with Gasteiger partial charge in [-0.1, -0.05) is 31.6 Å². The summed E-state index contributed by atoms with van der Waals surface area (Å²) < 4.78 is 0. The molecule has 0 aromatic heterocycles. The third-order valence-corrected chi connectivity index (χ3v) is 2.87. The fourth-order valence-electron chi connectivity index (χ4n) is 2.24. The van der Waals surface area contributed by atoms with Gasteiger partial charge >= 0.3 is 0 Å². The van der Waals surface area contributed by atoms with Crippen molar-refractivity contribution in [1.82, 2.24) is 0 Å². The zero-order valence-electron chi connectivity index (χ0n) is 10.1. The van der Waals surface area contributed by atoms with Gasteiger partial charge in [0, 0.05) is 5.92 Å². The maximum absolute atomic E-state index is 11.9. The predicted octanol–water partition coefficient (Wildman–Crippen LogP) is 3.90. The summed E-state index contributed by atoms with van der Waals surface area (Å²) >= 11 is 0. The summed E-state index contributed by atoms with van der Waals surface area (Å²) in [4.78, 5) is 11.9. The lowest BCUT2D eigenvalue weighted by Crippen LogP contribution is -2.18. The highest BCUT2D eigenvalue weighted by Crippen LogP contribution is 2.30. The Morgan fingerprint density at radius 1 is 1.60 bits per heavy atom. The predicted molar refractivity (Wildman–Crippen MR) is 64.7 cm³/mol. The molecule has 0 aromatic carbocycles. The first-order valence-corrected chi connectivity index (χ1v) is 6.00. The molecule has 0 spiro atoms. The number of rotatable bonds is 4. The van der Waals surface area contributed by atoms with E-state index < -0.39 is 0 Å². The van der Waals surface area contributed by atoms with E-state index >= 15 is 0 Å². The van der Waals surface area contributed by atoms with Gasteiger partial charge in [-0.3, -0.25) is 4.79 Å². The molecule has 1 nitrogen and oxygen atoms in total. The highest BCUT2D eigenvalue weighted by molar-refractivity contribution is 5.93. The molecule has 0 aliphatic heterocycles. The van der Waals surface area contributed by atoms with Gasteiger partial charge in [0.1, 0.15) is 0 Å². The van der Waals surface area contributed by atoms with E-state index in [0.29, 0.717) is 11.7 Å². The van der Waals surface area contributed by atoms with Gasteiger partial charge in [-0.15, -0.1) is 0 Å². The van der Waals surface area contributed by atoms with Gasteiger partial charge in [0.25, 0.3) is 0 Å². The molecule has 0 aromatic rings. The van der Waals surface area contributed by atoms with Crippen molar-refractivity contribution in [3.63, 3.8) is 0 Å². The SMILES string of the molecule is CC=CC(=O)C1CCCC=C1CC(C)C. The van der Waals surface area contributed by atoms with Gasteiger partial charge in [-0.25, -0.2) is 0 Å². The molecule has 0 heterocycles. The Morgan fingerprint density at radius 3 is 2.93 bits per heavy atom. The molecule has 0 saturated heterocycles. The Morgan fingerprint density at radius 2 is 2.33 bits per heavy atom. The number of hydrogen-bond acceptors (Lipinski definition) is 1. The molecule has 84 valence electrons. The molecule has 0 amide bonds. The summed E-state index contributed by atoms with van der Waals surface area (Å²) in [5.74, 6) is 1.12. The molecular weight excluding hydrogens is 184 g/mol. The molecule has 1 rings (SSSR count). The Bertz CT molecular complexity index is 271. The highest BCUT2D eigenvalue weighted by Gasteiger charge is 2.23. The number of ketones is 1. The van der Waals surface area contributed by atoms with E-state index in [1.54, 1.807) is 6.08 Å². The van der Waals surface area contributed by atoms with Crippen LogP contribution in [0.5, 0.6) is 0 Å². The zero-order chi connectivity index (χ0) is 11.3. The third-order valence-electron chi connectivity index (χ3n) is 2.87. The van der Waals surface area contributed by atoms with Crippen LogP contribution in [0.3, 0.4) is 0 Å². The summed E-state index contributed by atoms with van der Waals surface area (Å²) in [5, 5.41) is 0. The molecular formula is C14H22O. The van der Waals surface area contributed by atoms with Crippen molar-refractivity contribution in [2.75, 3.05) is 0 Å². The van der Waals surface area contributed by atoms with Crippen LogP contribution < -0.4 is 0 Å². The monoisotopic (exact) mass is 206 g/mol. The van der Waals surface area contributed by atoms with Crippen molar-refractivity contribution in [3.05, 3.63) is 23.8 Å². The standard InChI is InChI=1S/C14H22O/c1-4-7-14(15)13-9-6-5-8-12(13)10-11(2)3/h4,7-8,11,13H,5-6,9-10H2,1-3H3. The summed E-state index contributed by atoms with van der Waals surface area (Å²) in [6.07, 6.45) is 10.3. The van der Waals surface area contributed by atoms with Crippen molar-refractivity contribution in [1.29, 1.82) is 0 Å². The van der Waals surface area contributed by atoms with Crippen LogP contribution in [0.1, 0.15) is 46.5 Å². The molecule has 1 aliphatic rings. The first-order chi connectivity index (χ1) is 7.15. The molecule has 15 heavy (non-hydrogen) atoms. The van der Waals surface area contributed by atoms with Gasteiger partial charge in [0.15, 0.2) is 5.78 Å². The molecule has 1 heteroatoms. The molecule has 1 atom stereocenters. The van der Waals surface area contributed by atoms with E-state index in [9.17, 15) is 4.79 Å². The van der Waals surface area contributed by atoms with Crippen LogP contribution in [0.15, 0.2) is 23.8 Å². The van der Waals surface area contributed by atoms with E-state index in [4.69, 9.17) is 0 Å². The fourth-order valence-corrected chi connectivity index (χ4v) is 2.24. The van der Waals surface area contributed by atoms with Gasteiger partial charge < -0.3 is 0 Å². The first-order valence-electron chi connectivity index (χ1n) is 6.00. The van der Waals surface area contributed by atoms with Crippen molar-refractivity contribution >= 4 is 5.78 Å². The van der Waals surface area contributed by atoms with E-state index in [2.05, 4.69) is 19.9 Å². The summed E-state index contributed by atoms with van der Waals surface area (Å²) in [6.45, 7) is 6.34. The molecule has 0 saturated carbocycles. The molecule has 0 fully saturated rings. The van der Waals surface area contributed by atoms with E-state index in [0.717, 1.165) is 25.7 Å². The van der Waals surface area contributed by atoms with Crippen LogP contribution in [0.25, 0.3) is 0 Å². The number of hydrogen-bond donors (Lipinski definition) is 0. The topological polar surface area (TPSA) is 17.1 Å². The van der Waals surface area contributed by atoms with Crippen molar-refractivity contribution in [2.45, 2.75) is 46.5 Å². The maximum Gasteiger partial charge on any atom is 0.162 e. The minimum absolute atomic E-state index is 0.178. The molecule has 0 bridgehead atoms. The highest BCUT2D eigenvalue weighted by atomic mass is 16.1. The number of allylic oxidation sites excluding steroid dienone is 4. The van der Waals surface area contributed by atoms with E-state index in [1.807, 2.05) is 13.0 Å². The van der Waals surface area contributed by atoms with Crippen molar-refractivity contribution in [3.8, 4) is 0 Å². The Hall–Kier alpha value is -0.850. The molecule has 0 radical (unpaired) electrons. The normalized spacial score (nSPS) is 22.1. The Balaban J connectivity index is 2.72.